The van der Waals surface area contributed by atoms with Crippen molar-refractivity contribution >= 4 is 17.3 Å². The normalized spacial score (nSPS) is 10.4. The number of carbonyl (C=O) groups excluding carboxylic acids is 1. The van der Waals surface area contributed by atoms with E-state index in [1.807, 2.05) is 6.07 Å². The molecule has 0 aliphatic carbocycles. The molecule has 0 aliphatic heterocycles. The number of non-ortho nitro benzene ring substituents is 1. The third-order valence-corrected chi connectivity index (χ3v) is 4.72. The molecule has 0 fully saturated rings. The van der Waals surface area contributed by atoms with E-state index in [9.17, 15) is 14.9 Å². The molecule has 0 aliphatic rings. The molecule has 0 saturated heterocycles. The highest BCUT2D eigenvalue weighted by Crippen LogP contribution is 2.25. The van der Waals surface area contributed by atoms with Crippen molar-refractivity contribution in [1.82, 2.24) is 15.5 Å². The average molecular weight is 425 g/mol. The Bertz CT molecular complexity index is 1080. The summed E-state index contributed by atoms with van der Waals surface area (Å²) in [6, 6.07) is 11.7. The van der Waals surface area contributed by atoms with Crippen LogP contribution in [0.3, 0.4) is 0 Å². The van der Waals surface area contributed by atoms with Crippen molar-refractivity contribution in [2.75, 3.05) is 26.2 Å². The highest BCUT2D eigenvalue weighted by atomic mass is 16.6. The number of methoxy groups -OCH3 is 2. The number of ether oxygens (including phenoxy) is 2. The van der Waals surface area contributed by atoms with Gasteiger partial charge in [0.2, 0.25) is 0 Å². The van der Waals surface area contributed by atoms with Crippen LogP contribution in [0.25, 0.3) is 0 Å². The van der Waals surface area contributed by atoms with E-state index >= 15 is 0 Å². The van der Waals surface area contributed by atoms with Crippen LogP contribution in [-0.2, 0) is 13.1 Å². The van der Waals surface area contributed by atoms with Gasteiger partial charge in [0.15, 0.2) is 5.69 Å². The van der Waals surface area contributed by atoms with Crippen LogP contribution in [0.2, 0.25) is 0 Å². The number of nitro benzene ring substituents is 1. The molecule has 3 rings (SSSR count). The number of hydrogen-bond acceptors (Lipinski definition) is 7. The van der Waals surface area contributed by atoms with Gasteiger partial charge in [-0.05, 0) is 17.7 Å². The second-order valence-electron chi connectivity index (χ2n) is 6.76. The van der Waals surface area contributed by atoms with Crippen LogP contribution in [0, 0.1) is 10.1 Å². The standard InChI is InChI=1S/C21H23N5O5/c1-25(13-14-5-4-6-16(9-14)26(28)29)18-12-23-24-20(18)21(27)22-11-15-7-8-17(30-2)10-19(15)31-3/h4-10,12H,11,13H2,1-3H3,(H,22,27)(H,23,24). The lowest BCUT2D eigenvalue weighted by atomic mass is 10.1. The summed E-state index contributed by atoms with van der Waals surface area (Å²) in [6.07, 6.45) is 1.61. The van der Waals surface area contributed by atoms with Gasteiger partial charge < -0.3 is 19.7 Å². The lowest BCUT2D eigenvalue weighted by Crippen LogP contribution is -2.26. The molecular formula is C21H23N5O5. The fourth-order valence-electron chi connectivity index (χ4n) is 3.13. The van der Waals surface area contributed by atoms with Gasteiger partial charge in [-0.1, -0.05) is 12.1 Å². The minimum atomic E-state index is -0.437. The van der Waals surface area contributed by atoms with Gasteiger partial charge in [-0.25, -0.2) is 0 Å². The Morgan fingerprint density at radius 1 is 1.23 bits per heavy atom. The molecular weight excluding hydrogens is 402 g/mol. The third kappa shape index (κ3) is 5.10. The zero-order valence-electron chi connectivity index (χ0n) is 17.4. The maximum Gasteiger partial charge on any atom is 0.274 e. The van der Waals surface area contributed by atoms with E-state index in [1.165, 1.54) is 12.1 Å². The smallest absolute Gasteiger partial charge is 0.274 e. The third-order valence-electron chi connectivity index (χ3n) is 4.72. The molecule has 0 atom stereocenters. The van der Waals surface area contributed by atoms with Crippen LogP contribution in [0.1, 0.15) is 21.6 Å². The first-order valence-electron chi connectivity index (χ1n) is 9.40. The SMILES string of the molecule is COc1ccc(CNC(=O)c2n[nH]cc2N(C)Cc2cccc([N+](=O)[O-])c2)c(OC)c1. The number of amides is 1. The molecule has 2 N–H and O–H groups in total. The fourth-order valence-corrected chi connectivity index (χ4v) is 3.13. The Hall–Kier alpha value is -4.08. The van der Waals surface area contributed by atoms with Gasteiger partial charge in [0.25, 0.3) is 11.6 Å². The van der Waals surface area contributed by atoms with Gasteiger partial charge in [-0.15, -0.1) is 0 Å². The zero-order chi connectivity index (χ0) is 22.4. The molecule has 1 amide bonds. The molecule has 162 valence electrons. The molecule has 0 spiro atoms. The van der Waals surface area contributed by atoms with Gasteiger partial charge >= 0.3 is 0 Å². The number of carbonyl (C=O) groups is 1. The summed E-state index contributed by atoms with van der Waals surface area (Å²) in [5.74, 6) is 0.897. The number of nitrogens with zero attached hydrogens (tertiary/aromatic N) is 3. The van der Waals surface area contributed by atoms with Gasteiger partial charge in [-0.2, -0.15) is 5.10 Å². The van der Waals surface area contributed by atoms with Crippen LogP contribution in [0.15, 0.2) is 48.7 Å². The highest BCUT2D eigenvalue weighted by Gasteiger charge is 2.19. The van der Waals surface area contributed by atoms with Crippen molar-refractivity contribution in [3.63, 3.8) is 0 Å². The second kappa shape index (κ2) is 9.61. The van der Waals surface area contributed by atoms with E-state index in [0.717, 1.165) is 11.1 Å². The second-order valence-corrected chi connectivity index (χ2v) is 6.76. The van der Waals surface area contributed by atoms with E-state index in [0.29, 0.717) is 23.7 Å². The number of H-pyrrole nitrogens is 1. The predicted molar refractivity (Wildman–Crippen MR) is 115 cm³/mol. The number of hydrogen-bond donors (Lipinski definition) is 2. The van der Waals surface area contributed by atoms with Crippen molar-refractivity contribution in [2.24, 2.45) is 0 Å². The number of benzene rings is 2. The minimum Gasteiger partial charge on any atom is -0.497 e. The number of aromatic amines is 1. The van der Waals surface area contributed by atoms with E-state index < -0.39 is 4.92 Å². The Kier molecular flexibility index (Phi) is 6.71. The maximum absolute atomic E-state index is 12.7. The Balaban J connectivity index is 1.70. The van der Waals surface area contributed by atoms with Gasteiger partial charge in [0.05, 0.1) is 24.8 Å². The first-order valence-corrected chi connectivity index (χ1v) is 9.40. The molecule has 0 bridgehead atoms. The first-order chi connectivity index (χ1) is 14.9. The Morgan fingerprint density at radius 2 is 2.03 bits per heavy atom. The number of rotatable bonds is 9. The molecule has 0 radical (unpaired) electrons. The van der Waals surface area contributed by atoms with Crippen LogP contribution in [-0.4, -0.2) is 42.3 Å². The Labute approximate surface area is 178 Å². The highest BCUT2D eigenvalue weighted by molar-refractivity contribution is 5.97. The number of nitro groups is 1. The molecule has 1 heterocycles. The van der Waals surface area contributed by atoms with Crippen molar-refractivity contribution < 1.29 is 19.2 Å². The minimum absolute atomic E-state index is 0.0181. The van der Waals surface area contributed by atoms with E-state index in [1.54, 1.807) is 56.6 Å². The molecule has 3 aromatic rings. The van der Waals surface area contributed by atoms with Gasteiger partial charge in [0.1, 0.15) is 11.5 Å². The van der Waals surface area contributed by atoms with Crippen LogP contribution < -0.4 is 19.7 Å². The Morgan fingerprint density at radius 3 is 2.74 bits per heavy atom. The summed E-state index contributed by atoms with van der Waals surface area (Å²) in [5, 5.41) is 20.6. The molecule has 0 saturated carbocycles. The summed E-state index contributed by atoms with van der Waals surface area (Å²) in [4.78, 5) is 25.1. The molecule has 2 aromatic carbocycles. The summed E-state index contributed by atoms with van der Waals surface area (Å²) in [7, 11) is 4.90. The summed E-state index contributed by atoms with van der Waals surface area (Å²) in [5.41, 5.74) is 2.35. The van der Waals surface area contributed by atoms with Crippen LogP contribution in [0.5, 0.6) is 11.5 Å². The number of aromatic nitrogens is 2. The van der Waals surface area contributed by atoms with E-state index in [4.69, 9.17) is 9.47 Å². The maximum atomic E-state index is 12.7. The fraction of sp³-hybridized carbons (Fsp3) is 0.238. The molecule has 10 heteroatoms. The quantitative estimate of drug-likeness (QED) is 0.399. The van der Waals surface area contributed by atoms with Crippen molar-refractivity contribution in [3.05, 3.63) is 75.6 Å². The number of anilines is 1. The lowest BCUT2D eigenvalue weighted by molar-refractivity contribution is -0.384. The van der Waals surface area contributed by atoms with Crippen molar-refractivity contribution in [2.45, 2.75) is 13.1 Å². The summed E-state index contributed by atoms with van der Waals surface area (Å²) < 4.78 is 10.5. The van der Waals surface area contributed by atoms with Gasteiger partial charge in [-0.3, -0.25) is 20.0 Å². The largest absolute Gasteiger partial charge is 0.497 e. The van der Waals surface area contributed by atoms with Gasteiger partial charge in [0, 0.05) is 50.1 Å². The van der Waals surface area contributed by atoms with E-state index in [2.05, 4.69) is 15.5 Å². The zero-order valence-corrected chi connectivity index (χ0v) is 17.4. The summed E-state index contributed by atoms with van der Waals surface area (Å²) >= 11 is 0. The average Bonchev–Trinajstić information content (AvgIpc) is 3.27. The van der Waals surface area contributed by atoms with Crippen molar-refractivity contribution in [1.29, 1.82) is 0 Å². The molecule has 31 heavy (non-hydrogen) atoms. The molecule has 10 nitrogen and oxygen atoms in total. The topological polar surface area (TPSA) is 123 Å². The van der Waals surface area contributed by atoms with Crippen LogP contribution >= 0.6 is 0 Å². The molecule has 1 aromatic heterocycles. The van der Waals surface area contributed by atoms with E-state index in [-0.39, 0.29) is 23.8 Å². The predicted octanol–water partition coefficient (Wildman–Crippen LogP) is 2.90. The monoisotopic (exact) mass is 425 g/mol. The first kappa shape index (κ1) is 21.6. The summed E-state index contributed by atoms with van der Waals surface area (Å²) in [6.45, 7) is 0.612. The molecule has 0 unspecified atom stereocenters. The number of nitrogens with one attached hydrogen (secondary N) is 2. The lowest BCUT2D eigenvalue weighted by Gasteiger charge is -2.19. The van der Waals surface area contributed by atoms with Crippen LogP contribution in [0.4, 0.5) is 11.4 Å². The van der Waals surface area contributed by atoms with Crippen molar-refractivity contribution in [3.8, 4) is 11.5 Å².